The predicted molar refractivity (Wildman–Crippen MR) is 53.3 cm³/mol. The van der Waals surface area contributed by atoms with Crippen molar-refractivity contribution in [1.82, 2.24) is 0 Å². The van der Waals surface area contributed by atoms with Gasteiger partial charge in [0.15, 0.2) is 0 Å². The van der Waals surface area contributed by atoms with Crippen LogP contribution in [0.25, 0.3) is 0 Å². The minimum atomic E-state index is 0.428. The van der Waals surface area contributed by atoms with Gasteiger partial charge in [-0.1, -0.05) is 36.4 Å². The topological polar surface area (TPSA) is 9.23 Å². The monoisotopic (exact) mass is 174 g/mol. The van der Waals surface area contributed by atoms with E-state index >= 15 is 0 Å². The van der Waals surface area contributed by atoms with Crippen LogP contribution in [0.4, 0.5) is 0 Å². The standard InChI is InChI=1S/C12H14O/c1-2-11-8-12(11)13-9-10-6-4-3-5-7-10/h2-7,11-12H,1,8-9H2. The first-order chi connectivity index (χ1) is 6.40. The fourth-order valence-corrected chi connectivity index (χ4v) is 1.41. The van der Waals surface area contributed by atoms with Crippen molar-refractivity contribution in [3.63, 3.8) is 0 Å². The smallest absolute Gasteiger partial charge is 0.0720 e. The first kappa shape index (κ1) is 8.52. The fourth-order valence-electron chi connectivity index (χ4n) is 1.41. The van der Waals surface area contributed by atoms with Crippen LogP contribution in [-0.2, 0) is 11.3 Å². The Labute approximate surface area is 79.0 Å². The first-order valence-corrected chi connectivity index (χ1v) is 4.68. The molecule has 0 amide bonds. The van der Waals surface area contributed by atoms with Crippen LogP contribution in [-0.4, -0.2) is 6.10 Å². The maximum atomic E-state index is 5.67. The predicted octanol–water partition coefficient (Wildman–Crippen LogP) is 2.78. The molecule has 2 rings (SSSR count). The summed E-state index contributed by atoms with van der Waals surface area (Å²) in [6.07, 6.45) is 3.56. The second-order valence-corrected chi connectivity index (χ2v) is 3.47. The van der Waals surface area contributed by atoms with Crippen molar-refractivity contribution in [1.29, 1.82) is 0 Å². The van der Waals surface area contributed by atoms with Crippen LogP contribution >= 0.6 is 0 Å². The zero-order chi connectivity index (χ0) is 9.10. The summed E-state index contributed by atoms with van der Waals surface area (Å²) in [5.74, 6) is 0.601. The Balaban J connectivity index is 1.78. The summed E-state index contributed by atoms with van der Waals surface area (Å²) >= 11 is 0. The van der Waals surface area contributed by atoms with Crippen LogP contribution < -0.4 is 0 Å². The molecule has 1 heteroatoms. The van der Waals surface area contributed by atoms with Crippen molar-refractivity contribution in [3.05, 3.63) is 48.6 Å². The number of hydrogen-bond donors (Lipinski definition) is 0. The van der Waals surface area contributed by atoms with Crippen LogP contribution in [0.15, 0.2) is 43.0 Å². The quantitative estimate of drug-likeness (QED) is 0.638. The second kappa shape index (κ2) is 3.75. The summed E-state index contributed by atoms with van der Waals surface area (Å²) in [4.78, 5) is 0. The molecule has 1 aliphatic carbocycles. The SMILES string of the molecule is C=CC1CC1OCc1ccccc1. The third-order valence-corrected chi connectivity index (χ3v) is 2.39. The highest BCUT2D eigenvalue weighted by Gasteiger charge is 2.35. The lowest BCUT2D eigenvalue weighted by Gasteiger charge is -2.01. The zero-order valence-electron chi connectivity index (χ0n) is 7.65. The third-order valence-electron chi connectivity index (χ3n) is 2.39. The maximum Gasteiger partial charge on any atom is 0.0720 e. The Morgan fingerprint density at radius 2 is 2.15 bits per heavy atom. The Bertz CT molecular complexity index is 278. The molecule has 1 saturated carbocycles. The molecule has 13 heavy (non-hydrogen) atoms. The molecule has 0 heterocycles. The van der Waals surface area contributed by atoms with Crippen molar-refractivity contribution in [2.45, 2.75) is 19.1 Å². The van der Waals surface area contributed by atoms with E-state index in [0.29, 0.717) is 12.0 Å². The molecule has 1 aromatic carbocycles. The molecule has 68 valence electrons. The molecular weight excluding hydrogens is 160 g/mol. The minimum absolute atomic E-state index is 0.428. The number of benzene rings is 1. The Hall–Kier alpha value is -1.08. The van der Waals surface area contributed by atoms with Crippen LogP contribution in [0.2, 0.25) is 0 Å². The number of rotatable bonds is 4. The van der Waals surface area contributed by atoms with Gasteiger partial charge in [0, 0.05) is 5.92 Å². The van der Waals surface area contributed by atoms with Crippen molar-refractivity contribution >= 4 is 0 Å². The van der Waals surface area contributed by atoms with Crippen LogP contribution in [0.3, 0.4) is 0 Å². The lowest BCUT2D eigenvalue weighted by molar-refractivity contribution is 0.0995. The molecule has 0 aromatic heterocycles. The molecule has 2 unspecified atom stereocenters. The molecule has 1 fully saturated rings. The molecule has 0 radical (unpaired) electrons. The maximum absolute atomic E-state index is 5.67. The van der Waals surface area contributed by atoms with E-state index in [1.165, 1.54) is 5.56 Å². The zero-order valence-corrected chi connectivity index (χ0v) is 7.65. The summed E-state index contributed by atoms with van der Waals surface area (Å²) in [7, 11) is 0. The molecule has 0 bridgehead atoms. The lowest BCUT2D eigenvalue weighted by Crippen LogP contribution is -1.96. The summed E-state index contributed by atoms with van der Waals surface area (Å²) in [5, 5.41) is 0. The van der Waals surface area contributed by atoms with Gasteiger partial charge < -0.3 is 4.74 Å². The minimum Gasteiger partial charge on any atom is -0.373 e. The van der Waals surface area contributed by atoms with E-state index in [2.05, 4.69) is 18.7 Å². The second-order valence-electron chi connectivity index (χ2n) is 3.47. The Morgan fingerprint density at radius 1 is 1.38 bits per heavy atom. The van der Waals surface area contributed by atoms with E-state index in [1.807, 2.05) is 24.3 Å². The Kier molecular flexibility index (Phi) is 2.46. The molecule has 0 spiro atoms. The van der Waals surface area contributed by atoms with Gasteiger partial charge in [-0.15, -0.1) is 6.58 Å². The van der Waals surface area contributed by atoms with Crippen molar-refractivity contribution < 1.29 is 4.74 Å². The van der Waals surface area contributed by atoms with Gasteiger partial charge in [0.2, 0.25) is 0 Å². The van der Waals surface area contributed by atoms with Gasteiger partial charge in [0.25, 0.3) is 0 Å². The normalized spacial score (nSPS) is 25.5. The molecule has 2 atom stereocenters. The van der Waals surface area contributed by atoms with Crippen LogP contribution in [0, 0.1) is 5.92 Å². The van der Waals surface area contributed by atoms with E-state index in [4.69, 9.17) is 4.74 Å². The van der Waals surface area contributed by atoms with E-state index in [-0.39, 0.29) is 0 Å². The largest absolute Gasteiger partial charge is 0.373 e. The highest BCUT2D eigenvalue weighted by Crippen LogP contribution is 2.34. The average molecular weight is 174 g/mol. The van der Waals surface area contributed by atoms with Gasteiger partial charge in [-0.3, -0.25) is 0 Å². The van der Waals surface area contributed by atoms with E-state index in [9.17, 15) is 0 Å². The van der Waals surface area contributed by atoms with Gasteiger partial charge in [0.05, 0.1) is 12.7 Å². The highest BCUT2D eigenvalue weighted by atomic mass is 16.5. The first-order valence-electron chi connectivity index (χ1n) is 4.68. The highest BCUT2D eigenvalue weighted by molar-refractivity contribution is 5.13. The molecule has 1 aliphatic rings. The van der Waals surface area contributed by atoms with Crippen molar-refractivity contribution in [2.24, 2.45) is 5.92 Å². The van der Waals surface area contributed by atoms with Gasteiger partial charge in [0.1, 0.15) is 0 Å². The lowest BCUT2D eigenvalue weighted by atomic mass is 10.2. The number of hydrogen-bond acceptors (Lipinski definition) is 1. The van der Waals surface area contributed by atoms with Gasteiger partial charge >= 0.3 is 0 Å². The average Bonchev–Trinajstić information content (AvgIpc) is 2.95. The summed E-state index contributed by atoms with van der Waals surface area (Å²) in [6, 6.07) is 10.3. The van der Waals surface area contributed by atoms with Crippen LogP contribution in [0.1, 0.15) is 12.0 Å². The van der Waals surface area contributed by atoms with Gasteiger partial charge in [-0.25, -0.2) is 0 Å². The van der Waals surface area contributed by atoms with Crippen LogP contribution in [0.5, 0.6) is 0 Å². The molecule has 1 aromatic rings. The molecule has 0 aliphatic heterocycles. The third kappa shape index (κ3) is 2.19. The number of ether oxygens (including phenoxy) is 1. The summed E-state index contributed by atoms with van der Waals surface area (Å²) in [6.45, 7) is 4.48. The van der Waals surface area contributed by atoms with Gasteiger partial charge in [-0.2, -0.15) is 0 Å². The molecule has 0 N–H and O–H groups in total. The van der Waals surface area contributed by atoms with E-state index in [0.717, 1.165) is 13.0 Å². The molecule has 1 nitrogen and oxygen atoms in total. The van der Waals surface area contributed by atoms with E-state index < -0.39 is 0 Å². The van der Waals surface area contributed by atoms with E-state index in [1.54, 1.807) is 0 Å². The fraction of sp³-hybridized carbons (Fsp3) is 0.333. The molecular formula is C12H14O. The molecule has 0 saturated heterocycles. The van der Waals surface area contributed by atoms with Crippen molar-refractivity contribution in [3.8, 4) is 0 Å². The summed E-state index contributed by atoms with van der Waals surface area (Å²) < 4.78 is 5.67. The summed E-state index contributed by atoms with van der Waals surface area (Å²) in [5.41, 5.74) is 1.25. The van der Waals surface area contributed by atoms with Gasteiger partial charge in [-0.05, 0) is 12.0 Å². The Morgan fingerprint density at radius 3 is 2.77 bits per heavy atom. The van der Waals surface area contributed by atoms with Crippen molar-refractivity contribution in [2.75, 3.05) is 0 Å².